The molecule has 0 unspecified atom stereocenters. The highest BCUT2D eigenvalue weighted by atomic mass is 16.5. The molecule has 0 atom stereocenters. The fourth-order valence-corrected chi connectivity index (χ4v) is 3.24. The molecule has 134 valence electrons. The summed E-state index contributed by atoms with van der Waals surface area (Å²) in [5.41, 5.74) is 3.21. The van der Waals surface area contributed by atoms with Crippen molar-refractivity contribution in [3.8, 4) is 5.75 Å². The molecule has 1 fully saturated rings. The van der Waals surface area contributed by atoms with Crippen LogP contribution in [-0.4, -0.2) is 39.9 Å². The molecule has 1 aliphatic rings. The molecule has 0 aliphatic carbocycles. The molecule has 1 aromatic heterocycles. The zero-order valence-electron chi connectivity index (χ0n) is 15.4. The van der Waals surface area contributed by atoms with Crippen LogP contribution in [0.2, 0.25) is 0 Å². The van der Waals surface area contributed by atoms with Gasteiger partial charge >= 0.3 is 6.03 Å². The molecule has 25 heavy (non-hydrogen) atoms. The molecule has 1 N–H and O–H groups in total. The quantitative estimate of drug-likeness (QED) is 0.930. The first-order valence-corrected chi connectivity index (χ1v) is 8.73. The largest absolute Gasteiger partial charge is 0.490 e. The van der Waals surface area contributed by atoms with Crippen molar-refractivity contribution in [2.75, 3.05) is 18.4 Å². The van der Waals surface area contributed by atoms with E-state index in [9.17, 15) is 4.79 Å². The average Bonchev–Trinajstić information content (AvgIpc) is 2.89. The second-order valence-electron chi connectivity index (χ2n) is 6.75. The highest BCUT2D eigenvalue weighted by molar-refractivity contribution is 5.88. The summed E-state index contributed by atoms with van der Waals surface area (Å²) in [5.74, 6) is 1.70. The first kappa shape index (κ1) is 17.3. The lowest BCUT2D eigenvalue weighted by molar-refractivity contribution is 0.114. The first-order chi connectivity index (χ1) is 11.9. The summed E-state index contributed by atoms with van der Waals surface area (Å²) in [7, 11) is 1.83. The summed E-state index contributed by atoms with van der Waals surface area (Å²) in [6.07, 6.45) is 1.83. The van der Waals surface area contributed by atoms with Crippen molar-refractivity contribution in [3.63, 3.8) is 0 Å². The maximum absolute atomic E-state index is 12.4. The van der Waals surface area contributed by atoms with Gasteiger partial charge in [-0.05, 0) is 31.9 Å². The number of anilines is 1. The maximum Gasteiger partial charge on any atom is 0.323 e. The fraction of sp³-hybridized carbons (Fsp3) is 0.474. The molecule has 0 saturated carbocycles. The van der Waals surface area contributed by atoms with Crippen molar-refractivity contribution < 1.29 is 9.53 Å². The van der Waals surface area contributed by atoms with E-state index in [-0.39, 0.29) is 12.1 Å². The summed E-state index contributed by atoms with van der Waals surface area (Å²) in [4.78, 5) is 14.3. The Kier molecular flexibility index (Phi) is 4.97. The minimum atomic E-state index is -0.0754. The van der Waals surface area contributed by atoms with Gasteiger partial charge in [0.25, 0.3) is 0 Å². The number of carbonyl (C=O) groups excluding carboxylic acids is 1. The number of likely N-dealkylation sites (tertiary alicyclic amines) is 1. The van der Waals surface area contributed by atoms with Crippen LogP contribution in [0.15, 0.2) is 24.3 Å². The van der Waals surface area contributed by atoms with Crippen molar-refractivity contribution in [1.29, 1.82) is 0 Å². The van der Waals surface area contributed by atoms with Crippen LogP contribution in [0.25, 0.3) is 0 Å². The van der Waals surface area contributed by atoms with Gasteiger partial charge in [0.05, 0.1) is 5.69 Å². The number of hydrogen-bond donors (Lipinski definition) is 1. The SMILES string of the molecule is Cc1cc(NC(=O)N2CCC(Oc3c(C)cccc3C)CC2)n(C)n1. The van der Waals surface area contributed by atoms with Crippen LogP contribution in [0.5, 0.6) is 5.75 Å². The number of nitrogens with one attached hydrogen (secondary N) is 1. The number of aryl methyl sites for hydroxylation is 4. The molecule has 3 rings (SSSR count). The highest BCUT2D eigenvalue weighted by Crippen LogP contribution is 2.26. The van der Waals surface area contributed by atoms with Crippen LogP contribution in [0, 0.1) is 20.8 Å². The molecule has 0 bridgehead atoms. The van der Waals surface area contributed by atoms with E-state index in [1.165, 1.54) is 0 Å². The van der Waals surface area contributed by atoms with Gasteiger partial charge in [0.1, 0.15) is 17.7 Å². The summed E-state index contributed by atoms with van der Waals surface area (Å²) in [5, 5.41) is 7.18. The Hall–Kier alpha value is -2.50. The number of hydrogen-bond acceptors (Lipinski definition) is 3. The molecule has 6 heteroatoms. The van der Waals surface area contributed by atoms with E-state index in [4.69, 9.17) is 4.74 Å². The Balaban J connectivity index is 1.55. The van der Waals surface area contributed by atoms with E-state index >= 15 is 0 Å². The van der Waals surface area contributed by atoms with Crippen molar-refractivity contribution in [3.05, 3.63) is 41.1 Å². The number of para-hydroxylation sites is 1. The van der Waals surface area contributed by atoms with E-state index < -0.39 is 0 Å². The Morgan fingerprint density at radius 3 is 2.40 bits per heavy atom. The Morgan fingerprint density at radius 1 is 1.20 bits per heavy atom. The van der Waals surface area contributed by atoms with Gasteiger partial charge in [0.15, 0.2) is 0 Å². The Morgan fingerprint density at radius 2 is 1.84 bits per heavy atom. The second-order valence-corrected chi connectivity index (χ2v) is 6.75. The maximum atomic E-state index is 12.4. The van der Waals surface area contributed by atoms with Crippen LogP contribution in [0.4, 0.5) is 10.6 Å². The normalized spacial score (nSPS) is 15.3. The molecule has 1 saturated heterocycles. The zero-order chi connectivity index (χ0) is 18.0. The van der Waals surface area contributed by atoms with E-state index in [1.807, 2.05) is 31.0 Å². The molecule has 2 heterocycles. The van der Waals surface area contributed by atoms with E-state index in [2.05, 4.69) is 36.4 Å². The monoisotopic (exact) mass is 342 g/mol. The third-order valence-corrected chi connectivity index (χ3v) is 4.66. The Labute approximate surface area is 148 Å². The van der Waals surface area contributed by atoms with Gasteiger partial charge in [-0.1, -0.05) is 18.2 Å². The summed E-state index contributed by atoms with van der Waals surface area (Å²) in [6, 6.07) is 7.98. The lowest BCUT2D eigenvalue weighted by Crippen LogP contribution is -2.44. The number of ether oxygens (including phenoxy) is 1. The molecule has 2 amide bonds. The lowest BCUT2D eigenvalue weighted by Gasteiger charge is -2.32. The lowest BCUT2D eigenvalue weighted by atomic mass is 10.1. The molecular weight excluding hydrogens is 316 g/mol. The van der Waals surface area contributed by atoms with E-state index in [0.29, 0.717) is 13.1 Å². The molecule has 2 aromatic rings. The average molecular weight is 342 g/mol. The summed E-state index contributed by atoms with van der Waals surface area (Å²) < 4.78 is 7.90. The van der Waals surface area contributed by atoms with Crippen molar-refractivity contribution in [1.82, 2.24) is 14.7 Å². The second kappa shape index (κ2) is 7.17. The first-order valence-electron chi connectivity index (χ1n) is 8.73. The number of nitrogens with zero attached hydrogens (tertiary/aromatic N) is 3. The van der Waals surface area contributed by atoms with E-state index in [0.717, 1.165) is 41.2 Å². The van der Waals surface area contributed by atoms with Gasteiger partial charge in [0.2, 0.25) is 0 Å². The third kappa shape index (κ3) is 3.95. The van der Waals surface area contributed by atoms with Crippen molar-refractivity contribution in [2.45, 2.75) is 39.7 Å². The zero-order valence-corrected chi connectivity index (χ0v) is 15.4. The molecule has 0 spiro atoms. The minimum Gasteiger partial charge on any atom is -0.490 e. The van der Waals surface area contributed by atoms with Crippen LogP contribution in [0.3, 0.4) is 0 Å². The van der Waals surface area contributed by atoms with Gasteiger partial charge in [0, 0.05) is 39.0 Å². The van der Waals surface area contributed by atoms with Crippen molar-refractivity contribution >= 4 is 11.8 Å². The van der Waals surface area contributed by atoms with Crippen LogP contribution >= 0.6 is 0 Å². The molecule has 6 nitrogen and oxygen atoms in total. The number of piperidine rings is 1. The van der Waals surface area contributed by atoms with Crippen molar-refractivity contribution in [2.24, 2.45) is 7.05 Å². The number of carbonyl (C=O) groups is 1. The molecule has 0 radical (unpaired) electrons. The molecule has 1 aromatic carbocycles. The highest BCUT2D eigenvalue weighted by Gasteiger charge is 2.25. The smallest absolute Gasteiger partial charge is 0.323 e. The fourth-order valence-electron chi connectivity index (χ4n) is 3.24. The minimum absolute atomic E-state index is 0.0754. The summed E-state index contributed by atoms with van der Waals surface area (Å²) in [6.45, 7) is 7.43. The molecule has 1 aliphatic heterocycles. The van der Waals surface area contributed by atoms with Crippen LogP contribution < -0.4 is 10.1 Å². The summed E-state index contributed by atoms with van der Waals surface area (Å²) >= 11 is 0. The number of rotatable bonds is 3. The number of amides is 2. The predicted octanol–water partition coefficient (Wildman–Crippen LogP) is 3.42. The third-order valence-electron chi connectivity index (χ3n) is 4.66. The topological polar surface area (TPSA) is 59.4 Å². The Bertz CT molecular complexity index is 741. The van der Waals surface area contributed by atoms with E-state index in [1.54, 1.807) is 4.68 Å². The van der Waals surface area contributed by atoms with Gasteiger partial charge < -0.3 is 9.64 Å². The number of benzene rings is 1. The van der Waals surface area contributed by atoms with Crippen LogP contribution in [-0.2, 0) is 7.05 Å². The van der Waals surface area contributed by atoms with Crippen LogP contribution in [0.1, 0.15) is 29.7 Å². The van der Waals surface area contributed by atoms with Gasteiger partial charge in [-0.25, -0.2) is 4.79 Å². The molecular formula is C19H26N4O2. The number of aromatic nitrogens is 2. The predicted molar refractivity (Wildman–Crippen MR) is 98.1 cm³/mol. The van der Waals surface area contributed by atoms with Gasteiger partial charge in [-0.15, -0.1) is 0 Å². The standard InChI is InChI=1S/C19H26N4O2/c1-13-6-5-7-14(2)18(13)25-16-8-10-23(11-9-16)19(24)20-17-12-15(3)21-22(17)4/h5-7,12,16H,8-11H2,1-4H3,(H,20,24). The van der Waals surface area contributed by atoms with Gasteiger partial charge in [-0.3, -0.25) is 10.00 Å². The number of urea groups is 1. The van der Waals surface area contributed by atoms with Gasteiger partial charge in [-0.2, -0.15) is 5.10 Å².